The summed E-state index contributed by atoms with van der Waals surface area (Å²) in [5, 5.41) is 2.95. The maximum atomic E-state index is 11.9. The van der Waals surface area contributed by atoms with Crippen LogP contribution in [-0.4, -0.2) is 43.5 Å². The molecule has 0 fully saturated rings. The normalized spacial score (nSPS) is 14.9. The number of carbonyl (C=O) groups is 1. The molecule has 0 saturated heterocycles. The molecule has 0 amide bonds. The van der Waals surface area contributed by atoms with Crippen LogP contribution in [0.15, 0.2) is 39.9 Å². The van der Waals surface area contributed by atoms with Gasteiger partial charge in [0.25, 0.3) is 0 Å². The number of nitrogens with one attached hydrogen (secondary N) is 1. The Balaban J connectivity index is 1.54. The number of carbonyl (C=O) groups excluding carboxylic acids is 1. The zero-order valence-electron chi connectivity index (χ0n) is 15.2. The number of ether oxygens (including phenoxy) is 1. The number of esters is 1. The van der Waals surface area contributed by atoms with Crippen molar-refractivity contribution in [1.29, 1.82) is 0 Å². The molecule has 1 heterocycles. The van der Waals surface area contributed by atoms with Gasteiger partial charge < -0.3 is 0 Å². The second kappa shape index (κ2) is 8.79. The number of rotatable bonds is 8. The molecule has 151 valence electrons. The Morgan fingerprint density at radius 3 is 2.71 bits per heavy atom. The van der Waals surface area contributed by atoms with E-state index in [-0.39, 0.29) is 12.7 Å². The number of anilines is 2. The van der Waals surface area contributed by atoms with Gasteiger partial charge in [0.2, 0.25) is 0 Å². The summed E-state index contributed by atoms with van der Waals surface area (Å²) in [7, 11) is -0.474. The SMILES string of the molecule is [CH2]O[PH](O)(CCN1CCCNc2c1c(=O)c2=O)OCOC(=O)c1ccccc1. The zero-order chi connectivity index (χ0) is 20.1. The first kappa shape index (κ1) is 20.4. The summed E-state index contributed by atoms with van der Waals surface area (Å²) in [5.41, 5.74) is -0.0503. The van der Waals surface area contributed by atoms with E-state index in [4.69, 9.17) is 13.8 Å². The van der Waals surface area contributed by atoms with E-state index >= 15 is 0 Å². The summed E-state index contributed by atoms with van der Waals surface area (Å²) >= 11 is 0. The Labute approximate surface area is 162 Å². The van der Waals surface area contributed by atoms with Gasteiger partial charge in [-0.1, -0.05) is 0 Å². The van der Waals surface area contributed by atoms with Crippen molar-refractivity contribution in [3.8, 4) is 0 Å². The summed E-state index contributed by atoms with van der Waals surface area (Å²) in [6.45, 7) is 0.895. The van der Waals surface area contributed by atoms with Crippen molar-refractivity contribution in [2.45, 2.75) is 6.42 Å². The maximum absolute atomic E-state index is 11.9. The Bertz CT molecular complexity index is 897. The molecule has 0 bridgehead atoms. The molecule has 1 radical (unpaired) electrons. The molecule has 28 heavy (non-hydrogen) atoms. The Hall–Kier alpha value is -2.32. The van der Waals surface area contributed by atoms with Crippen LogP contribution in [-0.2, 0) is 13.8 Å². The van der Waals surface area contributed by atoms with Gasteiger partial charge in [-0.3, -0.25) is 0 Å². The van der Waals surface area contributed by atoms with Gasteiger partial charge in [-0.2, -0.15) is 0 Å². The monoisotopic (exact) mass is 409 g/mol. The predicted molar refractivity (Wildman–Crippen MR) is 106 cm³/mol. The molecule has 10 heteroatoms. The molecule has 0 unspecified atom stereocenters. The number of benzene rings is 1. The van der Waals surface area contributed by atoms with Gasteiger partial charge in [0.1, 0.15) is 0 Å². The van der Waals surface area contributed by atoms with Crippen molar-refractivity contribution in [2.24, 2.45) is 0 Å². The molecule has 0 aliphatic carbocycles. The molecule has 3 rings (SSSR count). The van der Waals surface area contributed by atoms with Gasteiger partial charge >= 0.3 is 161 Å². The van der Waals surface area contributed by atoms with Crippen LogP contribution in [0.4, 0.5) is 11.4 Å². The average Bonchev–Trinajstić information content (AvgIpc) is 2.92. The van der Waals surface area contributed by atoms with E-state index < -0.39 is 31.6 Å². The fourth-order valence-electron chi connectivity index (χ4n) is 2.96. The Morgan fingerprint density at radius 1 is 1.25 bits per heavy atom. The van der Waals surface area contributed by atoms with E-state index in [1.807, 2.05) is 0 Å². The third-order valence-electron chi connectivity index (χ3n) is 4.52. The summed E-state index contributed by atoms with van der Waals surface area (Å²) in [6.07, 6.45) is 0.784. The van der Waals surface area contributed by atoms with Gasteiger partial charge in [-0.05, 0) is 0 Å². The van der Waals surface area contributed by atoms with Crippen molar-refractivity contribution in [3.63, 3.8) is 0 Å². The molecular weight excluding hydrogens is 387 g/mol. The molecule has 1 aliphatic rings. The standard InChI is InChI=1S/C18H22N2O7P/c1-25-28(24,27-12-26-18(23)13-6-3-2-4-7-13)11-10-20-9-5-8-19-14-15(20)17(22)16(14)21/h2-4,6-7,19,24,28H,1,5,8-12H2. The van der Waals surface area contributed by atoms with Crippen LogP contribution in [0.1, 0.15) is 16.8 Å². The van der Waals surface area contributed by atoms with Crippen molar-refractivity contribution in [1.82, 2.24) is 0 Å². The molecule has 2 aromatic rings. The fourth-order valence-corrected chi connectivity index (χ4v) is 4.13. The van der Waals surface area contributed by atoms with Gasteiger partial charge in [-0.15, -0.1) is 0 Å². The van der Waals surface area contributed by atoms with Crippen LogP contribution in [0.5, 0.6) is 0 Å². The van der Waals surface area contributed by atoms with E-state index in [2.05, 4.69) is 12.4 Å². The molecule has 0 spiro atoms. The molecule has 9 nitrogen and oxygen atoms in total. The second-order valence-electron chi connectivity index (χ2n) is 6.32. The van der Waals surface area contributed by atoms with Crippen LogP contribution < -0.4 is 21.1 Å². The van der Waals surface area contributed by atoms with Crippen molar-refractivity contribution < 1.29 is 23.5 Å². The number of hydrogen-bond acceptors (Lipinski definition) is 9. The van der Waals surface area contributed by atoms with E-state index in [0.29, 0.717) is 30.0 Å². The molecule has 1 aliphatic heterocycles. The first-order valence-electron chi connectivity index (χ1n) is 8.79. The minimum atomic E-state index is -3.73. The van der Waals surface area contributed by atoms with E-state index in [1.165, 1.54) is 0 Å². The topological polar surface area (TPSA) is 114 Å². The summed E-state index contributed by atoms with van der Waals surface area (Å²) in [4.78, 5) is 47.6. The molecular formula is C18H22N2O7P. The summed E-state index contributed by atoms with van der Waals surface area (Å²) < 4.78 is 15.2. The summed E-state index contributed by atoms with van der Waals surface area (Å²) in [6, 6.07) is 8.37. The summed E-state index contributed by atoms with van der Waals surface area (Å²) in [5.74, 6) is -0.590. The van der Waals surface area contributed by atoms with Crippen molar-refractivity contribution >= 4 is 25.3 Å². The zero-order valence-corrected chi connectivity index (χ0v) is 16.2. The van der Waals surface area contributed by atoms with Crippen molar-refractivity contribution in [2.75, 3.05) is 42.8 Å². The third-order valence-corrected chi connectivity index (χ3v) is 6.39. The molecule has 0 atom stereocenters. The van der Waals surface area contributed by atoms with Crippen LogP contribution in [0.2, 0.25) is 0 Å². The van der Waals surface area contributed by atoms with Crippen molar-refractivity contribution in [3.05, 3.63) is 63.5 Å². The quantitative estimate of drug-likeness (QED) is 0.286. The first-order chi connectivity index (χ1) is 13.4. The third kappa shape index (κ3) is 4.39. The van der Waals surface area contributed by atoms with Crippen LogP contribution in [0, 0.1) is 7.11 Å². The molecule has 0 aromatic heterocycles. The number of nitrogens with zero attached hydrogens (tertiary/aromatic N) is 1. The van der Waals surface area contributed by atoms with Gasteiger partial charge in [0.05, 0.1) is 0 Å². The first-order valence-corrected chi connectivity index (χ1v) is 10.8. The number of hydrogen-bond donors (Lipinski definition) is 2. The number of fused-ring (bicyclic) bond motifs is 1. The van der Waals surface area contributed by atoms with Gasteiger partial charge in [-0.25, -0.2) is 0 Å². The fraction of sp³-hybridized carbons (Fsp3) is 0.333. The molecule has 2 aromatic carbocycles. The Morgan fingerprint density at radius 2 is 2.00 bits per heavy atom. The van der Waals surface area contributed by atoms with Crippen LogP contribution in [0.25, 0.3) is 0 Å². The van der Waals surface area contributed by atoms with E-state index in [1.54, 1.807) is 35.2 Å². The second-order valence-corrected chi connectivity index (χ2v) is 8.82. The van der Waals surface area contributed by atoms with Gasteiger partial charge in [0.15, 0.2) is 0 Å². The van der Waals surface area contributed by atoms with Gasteiger partial charge in [0, 0.05) is 0 Å². The van der Waals surface area contributed by atoms with E-state index in [9.17, 15) is 19.3 Å². The predicted octanol–water partition coefficient (Wildman–Crippen LogP) is 1.03. The van der Waals surface area contributed by atoms with E-state index in [0.717, 1.165) is 6.42 Å². The average molecular weight is 409 g/mol. The molecule has 0 saturated carbocycles. The Kier molecular flexibility index (Phi) is 6.41. The minimum absolute atomic E-state index is 0.0532. The molecule has 2 N–H and O–H groups in total. The van der Waals surface area contributed by atoms with Crippen LogP contribution >= 0.6 is 7.94 Å². The van der Waals surface area contributed by atoms with Crippen LogP contribution in [0.3, 0.4) is 0 Å².